The average Bonchev–Trinajstić information content (AvgIpc) is 2.48. The second-order valence-corrected chi connectivity index (χ2v) is 4.94. The SMILES string of the molecule is CSc1ncnc(N(C)Cc2ccccc2F)c1C#N. The predicted molar refractivity (Wildman–Crippen MR) is 77.0 cm³/mol. The van der Waals surface area contributed by atoms with Gasteiger partial charge in [-0.1, -0.05) is 18.2 Å². The molecule has 0 aliphatic heterocycles. The molecular formula is C14H13FN4S. The molecule has 102 valence electrons. The third-order valence-electron chi connectivity index (χ3n) is 2.82. The van der Waals surface area contributed by atoms with Gasteiger partial charge in [-0.3, -0.25) is 0 Å². The highest BCUT2D eigenvalue weighted by atomic mass is 32.2. The molecule has 0 bridgehead atoms. The number of thioether (sulfide) groups is 1. The molecule has 0 N–H and O–H groups in total. The predicted octanol–water partition coefficient (Wildman–Crippen LogP) is 2.85. The number of nitriles is 1. The lowest BCUT2D eigenvalue weighted by atomic mass is 10.2. The largest absolute Gasteiger partial charge is 0.354 e. The van der Waals surface area contributed by atoms with Crippen molar-refractivity contribution < 1.29 is 4.39 Å². The molecule has 0 saturated carbocycles. The zero-order valence-corrected chi connectivity index (χ0v) is 12.0. The van der Waals surface area contributed by atoms with Gasteiger partial charge < -0.3 is 4.90 Å². The van der Waals surface area contributed by atoms with E-state index >= 15 is 0 Å². The van der Waals surface area contributed by atoms with Gasteiger partial charge in [0.25, 0.3) is 0 Å². The summed E-state index contributed by atoms with van der Waals surface area (Å²) in [4.78, 5) is 9.95. The van der Waals surface area contributed by atoms with Crippen molar-refractivity contribution in [1.29, 1.82) is 5.26 Å². The Morgan fingerprint density at radius 2 is 2.10 bits per heavy atom. The lowest BCUT2D eigenvalue weighted by Gasteiger charge is -2.20. The lowest BCUT2D eigenvalue weighted by molar-refractivity contribution is 0.607. The summed E-state index contributed by atoms with van der Waals surface area (Å²) in [5.74, 6) is 0.243. The number of hydrogen-bond acceptors (Lipinski definition) is 5. The Morgan fingerprint density at radius 3 is 2.75 bits per heavy atom. The molecule has 6 heteroatoms. The molecule has 4 nitrogen and oxygen atoms in total. The van der Waals surface area contributed by atoms with Gasteiger partial charge in [-0.2, -0.15) is 5.26 Å². The Labute approximate surface area is 121 Å². The number of anilines is 1. The lowest BCUT2D eigenvalue weighted by Crippen LogP contribution is -2.20. The summed E-state index contributed by atoms with van der Waals surface area (Å²) in [6.45, 7) is 0.339. The molecule has 1 aromatic heterocycles. The molecule has 0 spiro atoms. The average molecular weight is 288 g/mol. The fourth-order valence-corrected chi connectivity index (χ4v) is 2.35. The van der Waals surface area contributed by atoms with E-state index in [-0.39, 0.29) is 5.82 Å². The van der Waals surface area contributed by atoms with Gasteiger partial charge in [0, 0.05) is 19.2 Å². The maximum absolute atomic E-state index is 13.7. The van der Waals surface area contributed by atoms with Crippen molar-refractivity contribution in [3.8, 4) is 6.07 Å². The zero-order valence-electron chi connectivity index (χ0n) is 11.2. The summed E-state index contributed by atoms with van der Waals surface area (Å²) in [6, 6.07) is 8.68. The minimum Gasteiger partial charge on any atom is -0.354 e. The van der Waals surface area contributed by atoms with Gasteiger partial charge in [0.05, 0.1) is 0 Å². The van der Waals surface area contributed by atoms with Crippen LogP contribution in [0.1, 0.15) is 11.1 Å². The van der Waals surface area contributed by atoms with Crippen LogP contribution in [0.3, 0.4) is 0 Å². The molecule has 0 aliphatic carbocycles. The van der Waals surface area contributed by atoms with E-state index in [0.717, 1.165) is 0 Å². The Morgan fingerprint density at radius 1 is 1.35 bits per heavy atom. The minimum atomic E-state index is -0.267. The quantitative estimate of drug-likeness (QED) is 0.639. The van der Waals surface area contributed by atoms with Crippen LogP contribution in [0, 0.1) is 17.1 Å². The summed E-state index contributed by atoms with van der Waals surface area (Å²) in [5, 5.41) is 9.88. The van der Waals surface area contributed by atoms with Crippen molar-refractivity contribution in [2.75, 3.05) is 18.2 Å². The molecule has 1 aromatic carbocycles. The summed E-state index contributed by atoms with van der Waals surface area (Å²) < 4.78 is 13.7. The summed E-state index contributed by atoms with van der Waals surface area (Å²) >= 11 is 1.39. The van der Waals surface area contributed by atoms with E-state index in [1.807, 2.05) is 6.26 Å². The topological polar surface area (TPSA) is 52.8 Å². The minimum absolute atomic E-state index is 0.267. The van der Waals surface area contributed by atoms with Gasteiger partial charge in [0.15, 0.2) is 5.82 Å². The molecule has 2 aromatic rings. The van der Waals surface area contributed by atoms with E-state index in [0.29, 0.717) is 28.5 Å². The molecule has 0 atom stereocenters. The first-order valence-corrected chi connectivity index (χ1v) is 7.13. The highest BCUT2D eigenvalue weighted by Crippen LogP contribution is 2.25. The molecule has 0 saturated heterocycles. The molecule has 0 unspecified atom stereocenters. The van der Waals surface area contributed by atoms with E-state index in [4.69, 9.17) is 0 Å². The van der Waals surface area contributed by atoms with E-state index in [1.54, 1.807) is 30.1 Å². The Bertz CT molecular complexity index is 654. The first-order valence-electron chi connectivity index (χ1n) is 5.91. The van der Waals surface area contributed by atoms with Crippen LogP contribution < -0.4 is 4.90 Å². The van der Waals surface area contributed by atoms with Crippen LogP contribution in [0.25, 0.3) is 0 Å². The van der Waals surface area contributed by atoms with Crippen molar-refractivity contribution in [1.82, 2.24) is 9.97 Å². The van der Waals surface area contributed by atoms with Gasteiger partial charge >= 0.3 is 0 Å². The standard InChI is InChI=1S/C14H13FN4S/c1-19(8-10-5-3-4-6-12(10)15)13-11(7-16)14(20-2)18-9-17-13/h3-6,9H,8H2,1-2H3. The maximum atomic E-state index is 13.7. The fraction of sp³-hybridized carbons (Fsp3) is 0.214. The van der Waals surface area contributed by atoms with E-state index in [2.05, 4.69) is 16.0 Å². The second-order valence-electron chi connectivity index (χ2n) is 4.14. The normalized spacial score (nSPS) is 10.1. The summed E-state index contributed by atoms with van der Waals surface area (Å²) in [5.41, 5.74) is 0.974. The summed E-state index contributed by atoms with van der Waals surface area (Å²) in [7, 11) is 1.78. The van der Waals surface area contributed by atoms with Gasteiger partial charge in [-0.05, 0) is 12.3 Å². The Balaban J connectivity index is 2.33. The van der Waals surface area contributed by atoms with Crippen LogP contribution >= 0.6 is 11.8 Å². The first-order chi connectivity index (χ1) is 9.67. The monoisotopic (exact) mass is 288 g/mol. The van der Waals surface area contributed by atoms with Crippen molar-refractivity contribution in [3.63, 3.8) is 0 Å². The van der Waals surface area contributed by atoms with Crippen molar-refractivity contribution in [2.24, 2.45) is 0 Å². The zero-order chi connectivity index (χ0) is 14.5. The summed E-state index contributed by atoms with van der Waals surface area (Å²) in [6.07, 6.45) is 3.27. The van der Waals surface area contributed by atoms with Crippen LogP contribution in [0.15, 0.2) is 35.6 Å². The van der Waals surface area contributed by atoms with Crippen LogP contribution in [-0.4, -0.2) is 23.3 Å². The first kappa shape index (κ1) is 14.3. The van der Waals surface area contributed by atoms with Crippen LogP contribution in [-0.2, 0) is 6.54 Å². The van der Waals surface area contributed by atoms with Crippen LogP contribution in [0.5, 0.6) is 0 Å². The van der Waals surface area contributed by atoms with Gasteiger partial charge in [-0.25, -0.2) is 14.4 Å². The smallest absolute Gasteiger partial charge is 0.151 e. The number of aromatic nitrogens is 2. The fourth-order valence-electron chi connectivity index (χ4n) is 1.86. The van der Waals surface area contributed by atoms with Crippen molar-refractivity contribution >= 4 is 17.6 Å². The third-order valence-corrected chi connectivity index (χ3v) is 3.52. The van der Waals surface area contributed by atoms with E-state index < -0.39 is 0 Å². The van der Waals surface area contributed by atoms with E-state index in [1.165, 1.54) is 24.2 Å². The third kappa shape index (κ3) is 2.89. The molecule has 0 fully saturated rings. The number of halogens is 1. The molecule has 2 rings (SSSR count). The molecule has 0 radical (unpaired) electrons. The van der Waals surface area contributed by atoms with Gasteiger partial charge in [0.2, 0.25) is 0 Å². The number of nitrogens with zero attached hydrogens (tertiary/aromatic N) is 4. The number of rotatable bonds is 4. The number of hydrogen-bond donors (Lipinski definition) is 0. The van der Waals surface area contributed by atoms with E-state index in [9.17, 15) is 9.65 Å². The number of benzene rings is 1. The van der Waals surface area contributed by atoms with Crippen molar-refractivity contribution in [3.05, 3.63) is 47.5 Å². The van der Waals surface area contributed by atoms with Crippen LogP contribution in [0.4, 0.5) is 10.2 Å². The van der Waals surface area contributed by atoms with Gasteiger partial charge in [0.1, 0.15) is 28.8 Å². The molecule has 1 heterocycles. The second kappa shape index (κ2) is 6.35. The Kier molecular flexibility index (Phi) is 4.53. The van der Waals surface area contributed by atoms with Crippen molar-refractivity contribution in [2.45, 2.75) is 11.6 Å². The Hall–Kier alpha value is -2.13. The maximum Gasteiger partial charge on any atom is 0.151 e. The molecular weight excluding hydrogens is 275 g/mol. The molecule has 0 aliphatic rings. The molecule has 0 amide bonds. The highest BCUT2D eigenvalue weighted by molar-refractivity contribution is 7.98. The van der Waals surface area contributed by atoms with Crippen LogP contribution in [0.2, 0.25) is 0 Å². The van der Waals surface area contributed by atoms with Gasteiger partial charge in [-0.15, -0.1) is 11.8 Å². The highest BCUT2D eigenvalue weighted by Gasteiger charge is 2.15. The molecule has 20 heavy (non-hydrogen) atoms.